The van der Waals surface area contributed by atoms with Gasteiger partial charge in [0.2, 0.25) is 0 Å². The van der Waals surface area contributed by atoms with Crippen molar-refractivity contribution in [2.45, 2.75) is 19.4 Å². The van der Waals surface area contributed by atoms with E-state index >= 15 is 0 Å². The summed E-state index contributed by atoms with van der Waals surface area (Å²) in [4.78, 5) is 8.40. The Labute approximate surface area is 122 Å². The second-order valence-corrected chi connectivity index (χ2v) is 6.20. The molecule has 0 bridgehead atoms. The van der Waals surface area contributed by atoms with Gasteiger partial charge in [0, 0.05) is 37.6 Å². The van der Waals surface area contributed by atoms with Crippen LogP contribution in [0.15, 0.2) is 41.9 Å². The molecule has 0 spiro atoms. The van der Waals surface area contributed by atoms with E-state index in [2.05, 4.69) is 51.2 Å². The summed E-state index contributed by atoms with van der Waals surface area (Å²) in [6.07, 6.45) is 4.35. The first kappa shape index (κ1) is 12.1. The first-order chi connectivity index (χ1) is 9.90. The summed E-state index contributed by atoms with van der Waals surface area (Å²) in [5.74, 6) is 0. The zero-order valence-corrected chi connectivity index (χ0v) is 12.1. The summed E-state index contributed by atoms with van der Waals surface area (Å²) in [5, 5.41) is 2.12. The molecule has 1 aliphatic heterocycles. The first-order valence-electron chi connectivity index (χ1n) is 7.10. The van der Waals surface area contributed by atoms with Crippen molar-refractivity contribution in [1.82, 2.24) is 14.3 Å². The summed E-state index contributed by atoms with van der Waals surface area (Å²) in [5.41, 5.74) is 4.11. The van der Waals surface area contributed by atoms with Crippen molar-refractivity contribution in [1.29, 1.82) is 0 Å². The summed E-state index contributed by atoms with van der Waals surface area (Å²) in [6.45, 7) is 3.28. The Balaban J connectivity index is 1.48. The molecule has 4 heteroatoms. The number of fused-ring (bicyclic) bond motifs is 3. The Bertz CT molecular complexity index is 714. The molecule has 0 aliphatic carbocycles. The van der Waals surface area contributed by atoms with E-state index in [0.717, 1.165) is 37.4 Å². The Morgan fingerprint density at radius 1 is 1.20 bits per heavy atom. The zero-order valence-electron chi connectivity index (χ0n) is 11.3. The number of rotatable bonds is 3. The molecule has 20 heavy (non-hydrogen) atoms. The molecule has 0 saturated carbocycles. The summed E-state index contributed by atoms with van der Waals surface area (Å²) in [6, 6.07) is 10.7. The topological polar surface area (TPSA) is 20.5 Å². The van der Waals surface area contributed by atoms with E-state index in [1.54, 1.807) is 11.3 Å². The van der Waals surface area contributed by atoms with Crippen LogP contribution >= 0.6 is 11.3 Å². The molecule has 1 aromatic carbocycles. The van der Waals surface area contributed by atoms with Gasteiger partial charge < -0.3 is 0 Å². The number of aromatic nitrogens is 2. The second kappa shape index (κ2) is 5.04. The lowest BCUT2D eigenvalue weighted by Crippen LogP contribution is -2.32. The average Bonchev–Trinajstić information content (AvgIpc) is 3.07. The Morgan fingerprint density at radius 2 is 2.10 bits per heavy atom. The normalized spacial score (nSPS) is 15.6. The maximum atomic E-state index is 4.72. The average molecular weight is 283 g/mol. The quantitative estimate of drug-likeness (QED) is 0.736. The second-order valence-electron chi connectivity index (χ2n) is 5.32. The highest BCUT2D eigenvalue weighted by Gasteiger charge is 2.21. The van der Waals surface area contributed by atoms with Crippen molar-refractivity contribution in [2.75, 3.05) is 13.1 Å². The molecule has 0 atom stereocenters. The van der Waals surface area contributed by atoms with Crippen LogP contribution in [0, 0.1) is 0 Å². The molecule has 1 aliphatic rings. The highest BCUT2D eigenvalue weighted by atomic mass is 32.1. The van der Waals surface area contributed by atoms with E-state index in [1.807, 2.05) is 0 Å². The lowest BCUT2D eigenvalue weighted by atomic mass is 10.1. The lowest BCUT2D eigenvalue weighted by molar-refractivity contribution is 0.252. The Morgan fingerprint density at radius 3 is 3.00 bits per heavy atom. The molecule has 0 radical (unpaired) electrons. The van der Waals surface area contributed by atoms with Gasteiger partial charge in [-0.05, 0) is 12.0 Å². The molecular weight excluding hydrogens is 266 g/mol. The first-order valence-corrected chi connectivity index (χ1v) is 7.98. The van der Waals surface area contributed by atoms with Crippen molar-refractivity contribution < 1.29 is 0 Å². The van der Waals surface area contributed by atoms with Crippen LogP contribution in [-0.2, 0) is 19.4 Å². The summed E-state index contributed by atoms with van der Waals surface area (Å²) in [7, 11) is 0. The predicted octanol–water partition coefficient (Wildman–Crippen LogP) is 3.00. The summed E-state index contributed by atoms with van der Waals surface area (Å²) < 4.78 is 2.26. The minimum Gasteiger partial charge on any atom is -0.297 e. The fraction of sp³-hybridized carbons (Fsp3) is 0.312. The van der Waals surface area contributed by atoms with Crippen molar-refractivity contribution >= 4 is 16.3 Å². The van der Waals surface area contributed by atoms with Crippen LogP contribution in [0.25, 0.3) is 4.96 Å². The van der Waals surface area contributed by atoms with Gasteiger partial charge in [-0.25, -0.2) is 4.98 Å². The molecule has 0 saturated heterocycles. The number of benzene rings is 1. The molecule has 102 valence electrons. The molecule has 2 aromatic heterocycles. The minimum atomic E-state index is 1.03. The smallest absolute Gasteiger partial charge is 0.194 e. The number of thiazole rings is 1. The third-order valence-corrected chi connectivity index (χ3v) is 4.80. The van der Waals surface area contributed by atoms with Gasteiger partial charge in [0.15, 0.2) is 4.96 Å². The molecule has 0 unspecified atom stereocenters. The van der Waals surface area contributed by atoms with Crippen molar-refractivity contribution in [3.05, 3.63) is 58.9 Å². The van der Waals surface area contributed by atoms with E-state index in [0.29, 0.717) is 0 Å². The van der Waals surface area contributed by atoms with Crippen molar-refractivity contribution in [3.63, 3.8) is 0 Å². The fourth-order valence-corrected chi connectivity index (χ4v) is 3.67. The number of nitrogens with zero attached hydrogens (tertiary/aromatic N) is 3. The summed E-state index contributed by atoms with van der Waals surface area (Å²) >= 11 is 1.73. The van der Waals surface area contributed by atoms with Crippen LogP contribution in [0.4, 0.5) is 0 Å². The molecule has 4 rings (SSSR count). The van der Waals surface area contributed by atoms with Gasteiger partial charge in [-0.1, -0.05) is 30.3 Å². The standard InChI is InChI=1S/C16H17N3S/c1-2-4-13(5-3-1)6-8-18-9-7-14-15(12-18)19-10-11-20-16(19)17-14/h1-5,10-11H,6-9,12H2. The number of imidazole rings is 1. The van der Waals surface area contributed by atoms with Gasteiger partial charge in [-0.2, -0.15) is 0 Å². The van der Waals surface area contributed by atoms with E-state index in [4.69, 9.17) is 4.98 Å². The number of hydrogen-bond acceptors (Lipinski definition) is 3. The molecule has 3 heterocycles. The molecule has 3 nitrogen and oxygen atoms in total. The van der Waals surface area contributed by atoms with Gasteiger partial charge in [0.05, 0.1) is 11.4 Å². The van der Waals surface area contributed by atoms with Gasteiger partial charge in [0.25, 0.3) is 0 Å². The van der Waals surface area contributed by atoms with Crippen LogP contribution in [0.3, 0.4) is 0 Å². The van der Waals surface area contributed by atoms with Gasteiger partial charge >= 0.3 is 0 Å². The van der Waals surface area contributed by atoms with Crippen LogP contribution in [0.1, 0.15) is 17.0 Å². The highest BCUT2D eigenvalue weighted by Crippen LogP contribution is 2.23. The van der Waals surface area contributed by atoms with Crippen LogP contribution in [-0.4, -0.2) is 27.4 Å². The SMILES string of the molecule is c1ccc(CCN2CCc3nc4sccn4c3C2)cc1. The van der Waals surface area contributed by atoms with E-state index in [1.165, 1.54) is 17.0 Å². The molecule has 3 aromatic rings. The van der Waals surface area contributed by atoms with E-state index in [-0.39, 0.29) is 0 Å². The van der Waals surface area contributed by atoms with Crippen molar-refractivity contribution in [3.8, 4) is 0 Å². The highest BCUT2D eigenvalue weighted by molar-refractivity contribution is 7.15. The van der Waals surface area contributed by atoms with Gasteiger partial charge in [-0.15, -0.1) is 11.3 Å². The maximum absolute atomic E-state index is 4.72. The fourth-order valence-electron chi connectivity index (χ4n) is 2.92. The molecule has 0 fully saturated rings. The van der Waals surface area contributed by atoms with Crippen LogP contribution in [0.2, 0.25) is 0 Å². The molecule has 0 amide bonds. The van der Waals surface area contributed by atoms with Crippen LogP contribution in [0.5, 0.6) is 0 Å². The van der Waals surface area contributed by atoms with Crippen molar-refractivity contribution in [2.24, 2.45) is 0 Å². The van der Waals surface area contributed by atoms with Crippen LogP contribution < -0.4 is 0 Å². The van der Waals surface area contributed by atoms with E-state index in [9.17, 15) is 0 Å². The van der Waals surface area contributed by atoms with Gasteiger partial charge in [-0.3, -0.25) is 9.30 Å². The largest absolute Gasteiger partial charge is 0.297 e. The van der Waals surface area contributed by atoms with E-state index < -0.39 is 0 Å². The maximum Gasteiger partial charge on any atom is 0.194 e. The monoisotopic (exact) mass is 283 g/mol. The lowest BCUT2D eigenvalue weighted by Gasteiger charge is -2.26. The Kier molecular flexibility index (Phi) is 3.05. The molecule has 0 N–H and O–H groups in total. The third kappa shape index (κ3) is 2.15. The Hall–Kier alpha value is -1.65. The number of hydrogen-bond donors (Lipinski definition) is 0. The van der Waals surface area contributed by atoms with Gasteiger partial charge in [0.1, 0.15) is 0 Å². The molecular formula is C16H17N3S. The third-order valence-electron chi connectivity index (χ3n) is 4.04. The predicted molar refractivity (Wildman–Crippen MR) is 82.2 cm³/mol. The zero-order chi connectivity index (χ0) is 13.4. The minimum absolute atomic E-state index is 1.03.